The van der Waals surface area contributed by atoms with Crippen molar-refractivity contribution < 1.29 is 17.9 Å². The molecule has 0 amide bonds. The van der Waals surface area contributed by atoms with Gasteiger partial charge in [0.15, 0.2) is 0 Å². The Morgan fingerprint density at radius 1 is 1.56 bits per heavy atom. The molecule has 0 fully saturated rings. The SMILES string of the molecule is C[C@H](O)CNS(=O)(=O)c1cc(F)ccc1Cl. The molecule has 0 heterocycles. The minimum Gasteiger partial charge on any atom is -0.392 e. The van der Waals surface area contributed by atoms with Crippen molar-refractivity contribution in [1.29, 1.82) is 0 Å². The molecule has 0 spiro atoms. The molecule has 0 unspecified atom stereocenters. The zero-order valence-electron chi connectivity index (χ0n) is 8.44. The van der Waals surface area contributed by atoms with Crippen LogP contribution in [-0.4, -0.2) is 26.2 Å². The van der Waals surface area contributed by atoms with Crippen molar-refractivity contribution in [3.63, 3.8) is 0 Å². The zero-order chi connectivity index (χ0) is 12.3. The van der Waals surface area contributed by atoms with Crippen LogP contribution in [0.15, 0.2) is 23.1 Å². The summed E-state index contributed by atoms with van der Waals surface area (Å²) < 4.78 is 38.3. The van der Waals surface area contributed by atoms with Gasteiger partial charge in [-0.05, 0) is 25.1 Å². The molecule has 0 aliphatic carbocycles. The van der Waals surface area contributed by atoms with Gasteiger partial charge in [-0.3, -0.25) is 0 Å². The number of rotatable bonds is 4. The Morgan fingerprint density at radius 3 is 2.75 bits per heavy atom. The van der Waals surface area contributed by atoms with Crippen LogP contribution in [0.3, 0.4) is 0 Å². The Kier molecular flexibility index (Phi) is 4.26. The molecule has 0 saturated heterocycles. The van der Waals surface area contributed by atoms with Gasteiger partial charge in [0, 0.05) is 6.54 Å². The van der Waals surface area contributed by atoms with E-state index < -0.39 is 21.9 Å². The fourth-order valence-electron chi connectivity index (χ4n) is 0.991. The first-order valence-corrected chi connectivity index (χ1v) is 6.32. The number of benzene rings is 1. The van der Waals surface area contributed by atoms with E-state index in [0.29, 0.717) is 0 Å². The van der Waals surface area contributed by atoms with Gasteiger partial charge in [0.05, 0.1) is 11.1 Å². The summed E-state index contributed by atoms with van der Waals surface area (Å²) in [6.07, 6.45) is -0.831. The smallest absolute Gasteiger partial charge is 0.242 e. The van der Waals surface area contributed by atoms with Gasteiger partial charge in [-0.2, -0.15) is 0 Å². The largest absolute Gasteiger partial charge is 0.392 e. The van der Waals surface area contributed by atoms with Crippen LogP contribution in [0.4, 0.5) is 4.39 Å². The molecule has 0 saturated carbocycles. The maximum absolute atomic E-state index is 12.9. The van der Waals surface area contributed by atoms with Gasteiger partial charge < -0.3 is 5.11 Å². The number of aliphatic hydroxyl groups is 1. The van der Waals surface area contributed by atoms with E-state index >= 15 is 0 Å². The van der Waals surface area contributed by atoms with Crippen molar-refractivity contribution in [1.82, 2.24) is 4.72 Å². The standard InChI is InChI=1S/C9H11ClFNO3S/c1-6(13)5-12-16(14,15)9-4-7(11)2-3-8(9)10/h2-4,6,12-13H,5H2,1H3/t6-/m0/s1. The molecule has 4 nitrogen and oxygen atoms in total. The molecule has 0 bridgehead atoms. The van der Waals surface area contributed by atoms with E-state index in [4.69, 9.17) is 16.7 Å². The fraction of sp³-hybridized carbons (Fsp3) is 0.333. The lowest BCUT2D eigenvalue weighted by atomic mass is 10.3. The summed E-state index contributed by atoms with van der Waals surface area (Å²) in [6.45, 7) is 1.27. The molecule has 1 aromatic carbocycles. The lowest BCUT2D eigenvalue weighted by Crippen LogP contribution is -2.30. The average molecular weight is 268 g/mol. The second-order valence-corrected chi connectivity index (χ2v) is 5.42. The van der Waals surface area contributed by atoms with Crippen molar-refractivity contribution in [3.8, 4) is 0 Å². The van der Waals surface area contributed by atoms with Gasteiger partial charge >= 0.3 is 0 Å². The third-order valence-corrected chi connectivity index (χ3v) is 3.66. The molecule has 90 valence electrons. The van der Waals surface area contributed by atoms with Crippen LogP contribution in [0.1, 0.15) is 6.92 Å². The summed E-state index contributed by atoms with van der Waals surface area (Å²) in [6, 6.07) is 3.05. The summed E-state index contributed by atoms with van der Waals surface area (Å²) in [5.74, 6) is -0.693. The lowest BCUT2D eigenvalue weighted by Gasteiger charge is -2.09. The number of hydrogen-bond donors (Lipinski definition) is 2. The average Bonchev–Trinajstić information content (AvgIpc) is 2.19. The zero-order valence-corrected chi connectivity index (χ0v) is 10.0. The van der Waals surface area contributed by atoms with Crippen LogP contribution >= 0.6 is 11.6 Å². The predicted octanol–water partition coefficient (Wildman–Crippen LogP) is 1.14. The Labute approximate surface area is 98.1 Å². The summed E-state index contributed by atoms with van der Waals surface area (Å²) in [4.78, 5) is -0.338. The van der Waals surface area contributed by atoms with Crippen molar-refractivity contribution in [2.75, 3.05) is 6.54 Å². The molecule has 0 aromatic heterocycles. The molecule has 0 aliphatic heterocycles. The molecule has 16 heavy (non-hydrogen) atoms. The third kappa shape index (κ3) is 3.41. The molecular formula is C9H11ClFNO3S. The molecule has 2 N–H and O–H groups in total. The maximum Gasteiger partial charge on any atom is 0.242 e. The third-order valence-electron chi connectivity index (χ3n) is 1.75. The number of hydrogen-bond acceptors (Lipinski definition) is 3. The predicted molar refractivity (Wildman–Crippen MR) is 58.3 cm³/mol. The summed E-state index contributed by atoms with van der Waals surface area (Å²) >= 11 is 5.65. The van der Waals surface area contributed by atoms with Crippen LogP contribution in [-0.2, 0) is 10.0 Å². The first kappa shape index (κ1) is 13.4. The Bertz CT molecular complexity index is 476. The van der Waals surface area contributed by atoms with E-state index in [-0.39, 0.29) is 16.5 Å². The number of halogens is 2. The van der Waals surface area contributed by atoms with E-state index in [1.807, 2.05) is 0 Å². The number of aliphatic hydroxyl groups excluding tert-OH is 1. The monoisotopic (exact) mass is 267 g/mol. The molecule has 7 heteroatoms. The quantitative estimate of drug-likeness (QED) is 0.860. The topological polar surface area (TPSA) is 66.4 Å². The molecule has 1 rings (SSSR count). The van der Waals surface area contributed by atoms with Gasteiger partial charge in [-0.25, -0.2) is 17.5 Å². The van der Waals surface area contributed by atoms with E-state index in [2.05, 4.69) is 4.72 Å². The highest BCUT2D eigenvalue weighted by Crippen LogP contribution is 2.21. The highest BCUT2D eigenvalue weighted by molar-refractivity contribution is 7.89. The second kappa shape index (κ2) is 5.09. The van der Waals surface area contributed by atoms with Gasteiger partial charge in [-0.15, -0.1) is 0 Å². The van der Waals surface area contributed by atoms with Crippen molar-refractivity contribution in [2.45, 2.75) is 17.9 Å². The molecular weight excluding hydrogens is 257 g/mol. The summed E-state index contributed by atoms with van der Waals surface area (Å²) in [7, 11) is -3.89. The van der Waals surface area contributed by atoms with Crippen LogP contribution in [0.25, 0.3) is 0 Å². The van der Waals surface area contributed by atoms with E-state index in [9.17, 15) is 12.8 Å². The lowest BCUT2D eigenvalue weighted by molar-refractivity contribution is 0.198. The van der Waals surface area contributed by atoms with Crippen molar-refractivity contribution in [3.05, 3.63) is 29.0 Å². The van der Waals surface area contributed by atoms with Gasteiger partial charge in [0.1, 0.15) is 10.7 Å². The Hall–Kier alpha value is -0.690. The van der Waals surface area contributed by atoms with Gasteiger partial charge in [0.25, 0.3) is 0 Å². The van der Waals surface area contributed by atoms with E-state index in [1.165, 1.54) is 6.92 Å². The van der Waals surface area contributed by atoms with Crippen LogP contribution in [0, 0.1) is 5.82 Å². The summed E-state index contributed by atoms with van der Waals surface area (Å²) in [5, 5.41) is 8.88. The molecule has 0 aliphatic rings. The molecule has 1 atom stereocenters. The van der Waals surface area contributed by atoms with Crippen molar-refractivity contribution in [2.24, 2.45) is 0 Å². The Morgan fingerprint density at radius 2 is 2.19 bits per heavy atom. The van der Waals surface area contributed by atoms with Crippen LogP contribution < -0.4 is 4.72 Å². The minimum atomic E-state index is -3.89. The van der Waals surface area contributed by atoms with E-state index in [1.54, 1.807) is 0 Å². The normalized spacial score (nSPS) is 13.8. The van der Waals surface area contributed by atoms with Gasteiger partial charge in [0.2, 0.25) is 10.0 Å². The Balaban J connectivity index is 3.02. The van der Waals surface area contributed by atoms with Crippen molar-refractivity contribution >= 4 is 21.6 Å². The number of nitrogens with one attached hydrogen (secondary N) is 1. The molecule has 0 radical (unpaired) electrons. The van der Waals surface area contributed by atoms with E-state index in [0.717, 1.165) is 18.2 Å². The highest BCUT2D eigenvalue weighted by atomic mass is 35.5. The first-order chi connectivity index (χ1) is 7.33. The maximum atomic E-state index is 12.9. The van der Waals surface area contributed by atoms with Gasteiger partial charge in [-0.1, -0.05) is 11.6 Å². The van der Waals surface area contributed by atoms with Crippen LogP contribution in [0.5, 0.6) is 0 Å². The highest BCUT2D eigenvalue weighted by Gasteiger charge is 2.18. The molecule has 1 aromatic rings. The minimum absolute atomic E-state index is 0.0699. The summed E-state index contributed by atoms with van der Waals surface area (Å²) in [5.41, 5.74) is 0. The number of sulfonamides is 1. The van der Waals surface area contributed by atoms with Crippen LogP contribution in [0.2, 0.25) is 5.02 Å². The fourth-order valence-corrected chi connectivity index (χ4v) is 2.62. The first-order valence-electron chi connectivity index (χ1n) is 4.45. The second-order valence-electron chi connectivity index (χ2n) is 3.28.